The van der Waals surface area contributed by atoms with E-state index in [1.165, 1.54) is 7.11 Å². The molecule has 0 amide bonds. The first-order chi connectivity index (χ1) is 8.19. The highest BCUT2D eigenvalue weighted by Gasteiger charge is 2.42. The van der Waals surface area contributed by atoms with Crippen molar-refractivity contribution in [2.24, 2.45) is 0 Å². The number of ether oxygens (including phenoxy) is 1. The number of benzene rings is 1. The van der Waals surface area contributed by atoms with Crippen molar-refractivity contribution in [3.8, 4) is 0 Å². The quantitative estimate of drug-likeness (QED) is 0.821. The number of esters is 1. The molecule has 0 spiro atoms. The van der Waals surface area contributed by atoms with Gasteiger partial charge in [0.15, 0.2) is 0 Å². The van der Waals surface area contributed by atoms with Gasteiger partial charge >= 0.3 is 5.97 Å². The van der Waals surface area contributed by atoms with E-state index in [1.54, 1.807) is 0 Å². The lowest BCUT2D eigenvalue weighted by molar-refractivity contribution is -0.148. The standard InChI is InChI=1S/C13H16ClNO2/c1-17-12(16)13(5-7-15-8-6-13)10-3-2-4-11(14)9-10/h2-4,9,15H,5-8H2,1H3. The topological polar surface area (TPSA) is 38.3 Å². The first kappa shape index (κ1) is 12.4. The summed E-state index contributed by atoms with van der Waals surface area (Å²) >= 11 is 6.01. The molecule has 92 valence electrons. The van der Waals surface area contributed by atoms with Crippen molar-refractivity contribution >= 4 is 17.6 Å². The highest BCUT2D eigenvalue weighted by molar-refractivity contribution is 6.30. The molecule has 1 aromatic carbocycles. The summed E-state index contributed by atoms with van der Waals surface area (Å²) in [5, 5.41) is 3.92. The largest absolute Gasteiger partial charge is 0.468 e. The first-order valence-corrected chi connectivity index (χ1v) is 6.12. The summed E-state index contributed by atoms with van der Waals surface area (Å²) in [5.74, 6) is -0.165. The van der Waals surface area contributed by atoms with E-state index in [0.717, 1.165) is 31.5 Å². The second kappa shape index (κ2) is 5.07. The minimum absolute atomic E-state index is 0.165. The monoisotopic (exact) mass is 253 g/mol. The van der Waals surface area contributed by atoms with E-state index < -0.39 is 5.41 Å². The van der Waals surface area contributed by atoms with Gasteiger partial charge < -0.3 is 10.1 Å². The van der Waals surface area contributed by atoms with Crippen molar-refractivity contribution < 1.29 is 9.53 Å². The van der Waals surface area contributed by atoms with Gasteiger partial charge in [-0.25, -0.2) is 0 Å². The molecule has 3 nitrogen and oxygen atoms in total. The molecule has 0 radical (unpaired) electrons. The van der Waals surface area contributed by atoms with E-state index in [9.17, 15) is 4.79 Å². The van der Waals surface area contributed by atoms with Gasteiger partial charge in [-0.2, -0.15) is 0 Å². The maximum Gasteiger partial charge on any atom is 0.316 e. The lowest BCUT2D eigenvalue weighted by Gasteiger charge is -2.35. The van der Waals surface area contributed by atoms with Gasteiger partial charge in [0, 0.05) is 5.02 Å². The molecule has 0 unspecified atom stereocenters. The molecule has 4 heteroatoms. The number of methoxy groups -OCH3 is 1. The fraction of sp³-hybridized carbons (Fsp3) is 0.462. The highest BCUT2D eigenvalue weighted by atomic mass is 35.5. The van der Waals surface area contributed by atoms with E-state index in [1.807, 2.05) is 24.3 Å². The molecule has 1 aliphatic heterocycles. The molecule has 1 aliphatic rings. The summed E-state index contributed by atoms with van der Waals surface area (Å²) in [7, 11) is 1.44. The highest BCUT2D eigenvalue weighted by Crippen LogP contribution is 2.35. The number of hydrogen-bond donors (Lipinski definition) is 1. The predicted molar refractivity (Wildman–Crippen MR) is 67.2 cm³/mol. The third kappa shape index (κ3) is 2.31. The average Bonchev–Trinajstić information content (AvgIpc) is 2.38. The van der Waals surface area contributed by atoms with Crippen molar-refractivity contribution in [2.75, 3.05) is 20.2 Å². The van der Waals surface area contributed by atoms with Crippen LogP contribution in [0.1, 0.15) is 18.4 Å². The van der Waals surface area contributed by atoms with Gasteiger partial charge in [-0.05, 0) is 43.6 Å². The Morgan fingerprint density at radius 2 is 2.12 bits per heavy atom. The van der Waals surface area contributed by atoms with Crippen LogP contribution in [0, 0.1) is 0 Å². The van der Waals surface area contributed by atoms with E-state index in [2.05, 4.69) is 5.32 Å². The van der Waals surface area contributed by atoms with Crippen LogP contribution in [0.4, 0.5) is 0 Å². The summed E-state index contributed by atoms with van der Waals surface area (Å²) in [6, 6.07) is 7.51. The lowest BCUT2D eigenvalue weighted by Crippen LogP contribution is -2.46. The fourth-order valence-electron chi connectivity index (χ4n) is 2.45. The number of carbonyl (C=O) groups excluding carboxylic acids is 1. The number of piperidine rings is 1. The van der Waals surface area contributed by atoms with Crippen LogP contribution in [0.2, 0.25) is 5.02 Å². The second-order valence-corrected chi connectivity index (χ2v) is 4.77. The average molecular weight is 254 g/mol. The summed E-state index contributed by atoms with van der Waals surface area (Å²) in [6.07, 6.45) is 1.50. The normalized spacial score (nSPS) is 18.7. The zero-order chi connectivity index (χ0) is 12.3. The van der Waals surface area contributed by atoms with Gasteiger partial charge in [-0.1, -0.05) is 23.7 Å². The van der Waals surface area contributed by atoms with E-state index >= 15 is 0 Å². The molecule has 0 aromatic heterocycles. The summed E-state index contributed by atoms with van der Waals surface area (Å²) in [5.41, 5.74) is 0.420. The smallest absolute Gasteiger partial charge is 0.316 e. The number of nitrogens with one attached hydrogen (secondary N) is 1. The third-order valence-electron chi connectivity index (χ3n) is 3.41. The van der Waals surface area contributed by atoms with Crippen LogP contribution in [0.5, 0.6) is 0 Å². The number of hydrogen-bond acceptors (Lipinski definition) is 3. The Morgan fingerprint density at radius 3 is 2.71 bits per heavy atom. The van der Waals surface area contributed by atoms with Crippen LogP contribution in [0.25, 0.3) is 0 Å². The third-order valence-corrected chi connectivity index (χ3v) is 3.65. The number of halogens is 1. The van der Waals surface area contributed by atoms with Crippen molar-refractivity contribution in [3.63, 3.8) is 0 Å². The zero-order valence-electron chi connectivity index (χ0n) is 9.83. The van der Waals surface area contributed by atoms with Crippen LogP contribution in [-0.4, -0.2) is 26.2 Å². The Balaban J connectivity index is 2.42. The summed E-state index contributed by atoms with van der Waals surface area (Å²) in [4.78, 5) is 12.1. The minimum atomic E-state index is -0.537. The Hall–Kier alpha value is -1.06. The Morgan fingerprint density at radius 1 is 1.41 bits per heavy atom. The van der Waals surface area contributed by atoms with Gasteiger partial charge in [0.1, 0.15) is 0 Å². The molecule has 0 aliphatic carbocycles. The molecule has 1 fully saturated rings. The second-order valence-electron chi connectivity index (χ2n) is 4.33. The predicted octanol–water partition coefficient (Wildman–Crippen LogP) is 2.13. The molecule has 1 heterocycles. The molecule has 1 aromatic rings. The summed E-state index contributed by atoms with van der Waals surface area (Å²) < 4.78 is 4.98. The maximum atomic E-state index is 12.1. The van der Waals surface area contributed by atoms with Crippen LogP contribution in [-0.2, 0) is 14.9 Å². The Labute approximate surface area is 106 Å². The molecular weight excluding hydrogens is 238 g/mol. The minimum Gasteiger partial charge on any atom is -0.468 e. The molecule has 0 bridgehead atoms. The number of carbonyl (C=O) groups is 1. The van der Waals surface area contributed by atoms with Crippen LogP contribution in [0.3, 0.4) is 0 Å². The van der Waals surface area contributed by atoms with Crippen molar-refractivity contribution in [2.45, 2.75) is 18.3 Å². The first-order valence-electron chi connectivity index (χ1n) is 5.74. The zero-order valence-corrected chi connectivity index (χ0v) is 10.6. The van der Waals surface area contributed by atoms with Crippen molar-refractivity contribution in [1.82, 2.24) is 5.32 Å². The van der Waals surface area contributed by atoms with Gasteiger partial charge in [0.2, 0.25) is 0 Å². The van der Waals surface area contributed by atoms with E-state index in [0.29, 0.717) is 5.02 Å². The molecule has 0 atom stereocenters. The molecule has 1 N–H and O–H groups in total. The van der Waals surface area contributed by atoms with E-state index in [4.69, 9.17) is 16.3 Å². The van der Waals surface area contributed by atoms with E-state index in [-0.39, 0.29) is 5.97 Å². The fourth-order valence-corrected chi connectivity index (χ4v) is 2.64. The SMILES string of the molecule is COC(=O)C1(c2cccc(Cl)c2)CCNCC1. The molecule has 1 saturated heterocycles. The van der Waals surface area contributed by atoms with Crippen molar-refractivity contribution in [3.05, 3.63) is 34.9 Å². The summed E-state index contributed by atoms with van der Waals surface area (Å²) in [6.45, 7) is 1.64. The molecule has 0 saturated carbocycles. The Bertz CT molecular complexity index is 414. The van der Waals surface area contributed by atoms with Crippen molar-refractivity contribution in [1.29, 1.82) is 0 Å². The van der Waals surface area contributed by atoms with Crippen LogP contribution in [0.15, 0.2) is 24.3 Å². The number of rotatable bonds is 2. The van der Waals surface area contributed by atoms with Crippen LogP contribution < -0.4 is 5.32 Å². The van der Waals surface area contributed by atoms with Gasteiger partial charge in [0.05, 0.1) is 12.5 Å². The van der Waals surface area contributed by atoms with Gasteiger partial charge in [0.25, 0.3) is 0 Å². The Kier molecular flexibility index (Phi) is 3.69. The van der Waals surface area contributed by atoms with Gasteiger partial charge in [-0.15, -0.1) is 0 Å². The molecular formula is C13H16ClNO2. The van der Waals surface area contributed by atoms with Gasteiger partial charge in [-0.3, -0.25) is 4.79 Å². The lowest BCUT2D eigenvalue weighted by atomic mass is 9.73. The maximum absolute atomic E-state index is 12.1. The van der Waals surface area contributed by atoms with Crippen LogP contribution >= 0.6 is 11.6 Å². The molecule has 17 heavy (non-hydrogen) atoms. The molecule has 2 rings (SSSR count).